The lowest BCUT2D eigenvalue weighted by molar-refractivity contribution is -0.135. The molecular formula is C20H27N3O2. The van der Waals surface area contributed by atoms with Crippen molar-refractivity contribution in [3.63, 3.8) is 0 Å². The third-order valence-electron chi connectivity index (χ3n) is 6.01. The summed E-state index contributed by atoms with van der Waals surface area (Å²) in [6.45, 7) is 3.91. The van der Waals surface area contributed by atoms with Crippen LogP contribution in [0.25, 0.3) is 0 Å². The zero-order chi connectivity index (χ0) is 17.2. The van der Waals surface area contributed by atoms with E-state index in [1.165, 1.54) is 31.4 Å². The fourth-order valence-corrected chi connectivity index (χ4v) is 4.48. The summed E-state index contributed by atoms with van der Waals surface area (Å²) in [5.74, 6) is 0.190. The Morgan fingerprint density at radius 2 is 2.04 bits per heavy atom. The smallest absolute Gasteiger partial charge is 0.227 e. The van der Waals surface area contributed by atoms with Gasteiger partial charge in [0.1, 0.15) is 0 Å². The number of hydrogen-bond donors (Lipinski definition) is 1. The number of carbonyl (C=O) groups excluding carboxylic acids is 2. The number of anilines is 1. The van der Waals surface area contributed by atoms with E-state index < -0.39 is 0 Å². The molecule has 1 aromatic rings. The normalized spacial score (nSPS) is 26.6. The molecule has 0 unspecified atom stereocenters. The molecule has 0 bridgehead atoms. The Bertz CT molecular complexity index is 660. The Morgan fingerprint density at radius 1 is 1.16 bits per heavy atom. The second-order valence-corrected chi connectivity index (χ2v) is 7.61. The summed E-state index contributed by atoms with van der Waals surface area (Å²) in [7, 11) is 0. The van der Waals surface area contributed by atoms with Gasteiger partial charge in [-0.2, -0.15) is 0 Å². The van der Waals surface area contributed by atoms with Crippen LogP contribution in [0.5, 0.6) is 0 Å². The SMILES string of the molecule is O=C1Nc2ccccc2C[C@@H]1CCC(=O)N1CCN2CCCC[C@@H]2C1. The van der Waals surface area contributed by atoms with Gasteiger partial charge in [0.15, 0.2) is 0 Å². The third-order valence-corrected chi connectivity index (χ3v) is 6.01. The molecule has 2 atom stereocenters. The van der Waals surface area contributed by atoms with Gasteiger partial charge >= 0.3 is 0 Å². The van der Waals surface area contributed by atoms with Crippen LogP contribution >= 0.6 is 0 Å². The number of nitrogens with one attached hydrogen (secondary N) is 1. The number of rotatable bonds is 3. The maximum Gasteiger partial charge on any atom is 0.227 e. The second-order valence-electron chi connectivity index (χ2n) is 7.61. The Morgan fingerprint density at radius 3 is 2.96 bits per heavy atom. The van der Waals surface area contributed by atoms with Gasteiger partial charge in [0.05, 0.1) is 0 Å². The van der Waals surface area contributed by atoms with Gasteiger partial charge in [0.25, 0.3) is 0 Å². The quantitative estimate of drug-likeness (QED) is 0.918. The molecule has 2 amide bonds. The molecule has 25 heavy (non-hydrogen) atoms. The average Bonchev–Trinajstić information content (AvgIpc) is 2.65. The average molecular weight is 341 g/mol. The highest BCUT2D eigenvalue weighted by Crippen LogP contribution is 2.28. The summed E-state index contributed by atoms with van der Waals surface area (Å²) in [4.78, 5) is 29.5. The van der Waals surface area contributed by atoms with Crippen LogP contribution < -0.4 is 5.32 Å². The van der Waals surface area contributed by atoms with Gasteiger partial charge in [-0.25, -0.2) is 0 Å². The number of para-hydroxylation sites is 1. The van der Waals surface area contributed by atoms with E-state index in [1.807, 2.05) is 23.1 Å². The molecule has 3 heterocycles. The lowest BCUT2D eigenvalue weighted by Gasteiger charge is -2.44. The Balaban J connectivity index is 1.31. The van der Waals surface area contributed by atoms with Crippen molar-refractivity contribution in [1.29, 1.82) is 0 Å². The summed E-state index contributed by atoms with van der Waals surface area (Å²) in [5.41, 5.74) is 2.10. The molecule has 4 rings (SSSR count). The fourth-order valence-electron chi connectivity index (χ4n) is 4.48. The highest BCUT2D eigenvalue weighted by atomic mass is 16.2. The van der Waals surface area contributed by atoms with Crippen molar-refractivity contribution in [2.75, 3.05) is 31.5 Å². The van der Waals surface area contributed by atoms with Crippen LogP contribution in [0.3, 0.4) is 0 Å². The topological polar surface area (TPSA) is 52.7 Å². The molecule has 2 saturated heterocycles. The van der Waals surface area contributed by atoms with Crippen molar-refractivity contribution in [2.45, 2.75) is 44.6 Å². The Hall–Kier alpha value is -1.88. The molecule has 5 nitrogen and oxygen atoms in total. The van der Waals surface area contributed by atoms with Gasteiger partial charge in [0.2, 0.25) is 11.8 Å². The lowest BCUT2D eigenvalue weighted by Crippen LogP contribution is -2.56. The van der Waals surface area contributed by atoms with E-state index in [2.05, 4.69) is 16.3 Å². The van der Waals surface area contributed by atoms with Gasteiger partial charge in [-0.3, -0.25) is 14.5 Å². The zero-order valence-corrected chi connectivity index (χ0v) is 14.7. The van der Waals surface area contributed by atoms with E-state index in [-0.39, 0.29) is 17.7 Å². The first-order valence-corrected chi connectivity index (χ1v) is 9.61. The first-order chi connectivity index (χ1) is 12.2. The van der Waals surface area contributed by atoms with Crippen LogP contribution in [0.2, 0.25) is 0 Å². The second kappa shape index (κ2) is 7.16. The summed E-state index contributed by atoms with van der Waals surface area (Å²) in [5, 5.41) is 2.98. The summed E-state index contributed by atoms with van der Waals surface area (Å²) < 4.78 is 0. The van der Waals surface area contributed by atoms with Crippen molar-refractivity contribution in [2.24, 2.45) is 5.92 Å². The van der Waals surface area contributed by atoms with Gasteiger partial charge in [0, 0.05) is 43.7 Å². The molecule has 3 aliphatic rings. The molecule has 1 N–H and O–H groups in total. The number of nitrogens with zero attached hydrogens (tertiary/aromatic N) is 2. The van der Waals surface area contributed by atoms with Crippen molar-refractivity contribution >= 4 is 17.5 Å². The lowest BCUT2D eigenvalue weighted by atomic mass is 9.89. The van der Waals surface area contributed by atoms with Crippen LogP contribution in [0, 0.1) is 5.92 Å². The molecule has 2 fully saturated rings. The van der Waals surface area contributed by atoms with E-state index in [4.69, 9.17) is 0 Å². The highest BCUT2D eigenvalue weighted by molar-refractivity contribution is 5.96. The van der Waals surface area contributed by atoms with Crippen LogP contribution in [-0.4, -0.2) is 53.8 Å². The molecule has 3 aliphatic heterocycles. The minimum Gasteiger partial charge on any atom is -0.340 e. The minimum absolute atomic E-state index is 0.0589. The van der Waals surface area contributed by atoms with E-state index in [0.29, 0.717) is 18.9 Å². The fraction of sp³-hybridized carbons (Fsp3) is 0.600. The number of piperidine rings is 1. The van der Waals surface area contributed by atoms with Gasteiger partial charge in [-0.05, 0) is 43.9 Å². The Labute approximate surface area is 149 Å². The number of hydrogen-bond acceptors (Lipinski definition) is 3. The summed E-state index contributed by atoms with van der Waals surface area (Å²) in [6, 6.07) is 8.50. The summed E-state index contributed by atoms with van der Waals surface area (Å²) in [6.07, 6.45) is 5.65. The molecular weight excluding hydrogens is 314 g/mol. The zero-order valence-electron chi connectivity index (χ0n) is 14.7. The maximum atomic E-state index is 12.6. The van der Waals surface area contributed by atoms with E-state index >= 15 is 0 Å². The minimum atomic E-state index is -0.0881. The van der Waals surface area contributed by atoms with Crippen LogP contribution in [-0.2, 0) is 16.0 Å². The maximum absolute atomic E-state index is 12.6. The van der Waals surface area contributed by atoms with Crippen LogP contribution in [0.15, 0.2) is 24.3 Å². The molecule has 134 valence electrons. The first-order valence-electron chi connectivity index (χ1n) is 9.61. The first kappa shape index (κ1) is 16.6. The molecule has 0 aromatic heterocycles. The highest BCUT2D eigenvalue weighted by Gasteiger charge is 2.32. The summed E-state index contributed by atoms with van der Waals surface area (Å²) >= 11 is 0. The number of amides is 2. The van der Waals surface area contributed by atoms with E-state index in [0.717, 1.165) is 31.7 Å². The predicted octanol–water partition coefficient (Wildman–Crippen LogP) is 2.27. The number of piperazine rings is 1. The van der Waals surface area contributed by atoms with Crippen LogP contribution in [0.1, 0.15) is 37.7 Å². The van der Waals surface area contributed by atoms with Crippen molar-refractivity contribution in [1.82, 2.24) is 9.80 Å². The van der Waals surface area contributed by atoms with Gasteiger partial charge in [-0.15, -0.1) is 0 Å². The molecule has 0 saturated carbocycles. The monoisotopic (exact) mass is 341 g/mol. The Kier molecular flexibility index (Phi) is 4.75. The van der Waals surface area contributed by atoms with Crippen LogP contribution in [0.4, 0.5) is 5.69 Å². The number of carbonyl (C=O) groups is 2. The number of fused-ring (bicyclic) bond motifs is 2. The van der Waals surface area contributed by atoms with Crippen molar-refractivity contribution in [3.05, 3.63) is 29.8 Å². The van der Waals surface area contributed by atoms with Crippen molar-refractivity contribution in [3.8, 4) is 0 Å². The third kappa shape index (κ3) is 3.56. The molecule has 0 radical (unpaired) electrons. The molecule has 0 spiro atoms. The van der Waals surface area contributed by atoms with Crippen molar-refractivity contribution < 1.29 is 9.59 Å². The predicted molar refractivity (Wildman–Crippen MR) is 97.3 cm³/mol. The number of benzene rings is 1. The standard InChI is InChI=1S/C20H27N3O2/c24-19(23-12-11-22-10-4-3-6-17(22)14-23)9-8-16-13-15-5-1-2-7-18(15)21-20(16)25/h1-2,5,7,16-17H,3-4,6,8-14H2,(H,21,25)/t16-,17+/m0/s1. The molecule has 0 aliphatic carbocycles. The largest absolute Gasteiger partial charge is 0.340 e. The van der Waals surface area contributed by atoms with E-state index in [9.17, 15) is 9.59 Å². The van der Waals surface area contributed by atoms with E-state index in [1.54, 1.807) is 0 Å². The molecule has 5 heteroatoms. The van der Waals surface area contributed by atoms with Gasteiger partial charge < -0.3 is 10.2 Å². The van der Waals surface area contributed by atoms with Gasteiger partial charge in [-0.1, -0.05) is 24.6 Å². The molecule has 1 aromatic carbocycles.